The minimum Gasteiger partial charge on any atom is -0.376 e. The van der Waals surface area contributed by atoms with Gasteiger partial charge in [0.2, 0.25) is 0 Å². The molecule has 1 fully saturated rings. The van der Waals surface area contributed by atoms with Gasteiger partial charge in [-0.05, 0) is 49.1 Å². The molecule has 33 heavy (non-hydrogen) atoms. The highest BCUT2D eigenvalue weighted by atomic mass is 16.5. The van der Waals surface area contributed by atoms with E-state index in [1.807, 2.05) is 19.1 Å². The van der Waals surface area contributed by atoms with E-state index in [-0.39, 0.29) is 34.6 Å². The molecular weight excluding hydrogens is 420 g/mol. The first kappa shape index (κ1) is 21.0. The number of hydrogen-bond donors (Lipinski definition) is 2. The van der Waals surface area contributed by atoms with Crippen LogP contribution in [0.2, 0.25) is 0 Å². The van der Waals surface area contributed by atoms with Crippen LogP contribution >= 0.6 is 0 Å². The summed E-state index contributed by atoms with van der Waals surface area (Å²) in [6.45, 7) is 3.22. The maximum atomic E-state index is 13.4. The van der Waals surface area contributed by atoms with Crippen molar-refractivity contribution in [2.24, 2.45) is 0 Å². The normalized spacial score (nSPS) is 15.8. The molecule has 168 valence electrons. The van der Waals surface area contributed by atoms with Crippen LogP contribution in [0, 0.1) is 12.3 Å². The first-order chi connectivity index (χ1) is 16.0. The first-order valence-corrected chi connectivity index (χ1v) is 10.9. The third-order valence-corrected chi connectivity index (χ3v) is 5.88. The average molecular weight is 444 g/mol. The van der Waals surface area contributed by atoms with Crippen LogP contribution < -0.4 is 16.4 Å². The Hall–Kier alpha value is -3.85. The standard InChI is InChI=1S/C24H24N6O3/c1-15-6-7-20-28-22-19(24(32)29(20)13-15)10-18(23(31)27-12-17-5-3-9-33-17)21(25)30(22)14-16-4-2-8-26-11-16/h2,4,6-8,10-11,13,17,25H,3,5,9,12,14H2,1H3,(H,27,31)/t17-/m1/s1. The van der Waals surface area contributed by atoms with Crippen LogP contribution in [0.1, 0.15) is 34.3 Å². The third kappa shape index (κ3) is 4.03. The maximum absolute atomic E-state index is 13.4. The number of hydrogen-bond acceptors (Lipinski definition) is 6. The number of aryl methyl sites for hydroxylation is 1. The predicted octanol–water partition coefficient (Wildman–Crippen LogP) is 1.79. The van der Waals surface area contributed by atoms with Gasteiger partial charge >= 0.3 is 0 Å². The molecule has 0 unspecified atom stereocenters. The first-order valence-electron chi connectivity index (χ1n) is 10.9. The van der Waals surface area contributed by atoms with Crippen LogP contribution in [0.3, 0.4) is 0 Å². The lowest BCUT2D eigenvalue weighted by Gasteiger charge is -2.16. The Bertz CT molecular complexity index is 1470. The summed E-state index contributed by atoms with van der Waals surface area (Å²) in [5, 5.41) is 12.0. The van der Waals surface area contributed by atoms with Crippen molar-refractivity contribution in [1.29, 1.82) is 5.41 Å². The molecule has 1 amide bonds. The summed E-state index contributed by atoms with van der Waals surface area (Å²) in [5.74, 6) is -0.411. The number of rotatable bonds is 5. The van der Waals surface area contributed by atoms with E-state index in [1.165, 1.54) is 10.5 Å². The molecule has 1 atom stereocenters. The van der Waals surface area contributed by atoms with E-state index < -0.39 is 5.91 Å². The highest BCUT2D eigenvalue weighted by Crippen LogP contribution is 2.14. The van der Waals surface area contributed by atoms with Crippen molar-refractivity contribution in [3.8, 4) is 0 Å². The molecule has 4 aromatic heterocycles. The van der Waals surface area contributed by atoms with Gasteiger partial charge in [0, 0.05) is 31.7 Å². The summed E-state index contributed by atoms with van der Waals surface area (Å²) < 4.78 is 8.65. The van der Waals surface area contributed by atoms with Gasteiger partial charge in [-0.1, -0.05) is 12.1 Å². The van der Waals surface area contributed by atoms with Gasteiger partial charge in [-0.15, -0.1) is 0 Å². The van der Waals surface area contributed by atoms with E-state index in [9.17, 15) is 9.59 Å². The van der Waals surface area contributed by atoms with Gasteiger partial charge in [-0.2, -0.15) is 0 Å². The van der Waals surface area contributed by atoms with E-state index in [2.05, 4.69) is 15.3 Å². The number of carbonyl (C=O) groups is 1. The fourth-order valence-corrected chi connectivity index (χ4v) is 4.15. The van der Waals surface area contributed by atoms with Gasteiger partial charge in [0.25, 0.3) is 11.5 Å². The van der Waals surface area contributed by atoms with Gasteiger partial charge < -0.3 is 14.6 Å². The van der Waals surface area contributed by atoms with E-state index in [1.54, 1.807) is 35.3 Å². The van der Waals surface area contributed by atoms with Crippen LogP contribution in [-0.2, 0) is 11.3 Å². The van der Waals surface area contributed by atoms with Crippen LogP contribution in [0.25, 0.3) is 16.7 Å². The number of carbonyl (C=O) groups excluding carboxylic acids is 1. The number of fused-ring (bicyclic) bond motifs is 2. The molecule has 2 N–H and O–H groups in total. The molecule has 1 aliphatic heterocycles. The average Bonchev–Trinajstić information content (AvgIpc) is 3.34. The molecule has 1 saturated heterocycles. The zero-order chi connectivity index (χ0) is 22.9. The van der Waals surface area contributed by atoms with E-state index in [0.717, 1.165) is 24.0 Å². The zero-order valence-corrected chi connectivity index (χ0v) is 18.2. The molecule has 0 radical (unpaired) electrons. The van der Waals surface area contributed by atoms with E-state index in [0.29, 0.717) is 24.4 Å². The van der Waals surface area contributed by atoms with Crippen molar-refractivity contribution in [1.82, 2.24) is 24.3 Å². The van der Waals surface area contributed by atoms with Gasteiger partial charge in [0.15, 0.2) is 0 Å². The van der Waals surface area contributed by atoms with Crippen LogP contribution in [0.4, 0.5) is 0 Å². The third-order valence-electron chi connectivity index (χ3n) is 5.88. The SMILES string of the molecule is Cc1ccc2nc3c(cc(C(=O)NC[C@H]4CCCO4)c(=N)n3Cc3cccnc3)c(=O)n2c1. The fraction of sp³-hybridized carbons (Fsp3) is 0.292. The molecule has 0 spiro atoms. The van der Waals surface area contributed by atoms with Crippen molar-refractivity contribution in [3.63, 3.8) is 0 Å². The molecular formula is C24H24N6O3. The number of aromatic nitrogens is 4. The van der Waals surface area contributed by atoms with Crippen LogP contribution in [-0.4, -0.2) is 44.1 Å². The number of nitrogens with one attached hydrogen (secondary N) is 2. The van der Waals surface area contributed by atoms with Gasteiger partial charge in [0.05, 0.1) is 23.6 Å². The van der Waals surface area contributed by atoms with Crippen molar-refractivity contribution in [3.05, 3.63) is 81.5 Å². The van der Waals surface area contributed by atoms with E-state index >= 15 is 0 Å². The Balaban J connectivity index is 1.68. The Labute approximate surface area is 189 Å². The van der Waals surface area contributed by atoms with Gasteiger partial charge in [-0.25, -0.2) is 4.98 Å². The maximum Gasteiger partial charge on any atom is 0.267 e. The topological polar surface area (TPSA) is 114 Å². The fourth-order valence-electron chi connectivity index (χ4n) is 4.15. The molecule has 4 aromatic rings. The molecule has 0 bridgehead atoms. The molecule has 1 aliphatic rings. The quantitative estimate of drug-likeness (QED) is 0.456. The number of pyridine rings is 3. The largest absolute Gasteiger partial charge is 0.376 e. The number of nitrogens with zero attached hydrogens (tertiary/aromatic N) is 4. The highest BCUT2D eigenvalue weighted by Gasteiger charge is 2.20. The number of amides is 1. The summed E-state index contributed by atoms with van der Waals surface area (Å²) in [7, 11) is 0. The Morgan fingerprint density at radius 1 is 1.33 bits per heavy atom. The highest BCUT2D eigenvalue weighted by molar-refractivity contribution is 5.96. The van der Waals surface area contributed by atoms with Gasteiger partial charge in [-0.3, -0.25) is 24.4 Å². The minimum atomic E-state index is -0.411. The molecule has 0 aliphatic carbocycles. The second kappa shape index (κ2) is 8.59. The van der Waals surface area contributed by atoms with Crippen molar-refractivity contribution in [2.75, 3.05) is 13.2 Å². The lowest BCUT2D eigenvalue weighted by Crippen LogP contribution is -2.38. The predicted molar refractivity (Wildman–Crippen MR) is 122 cm³/mol. The van der Waals surface area contributed by atoms with E-state index in [4.69, 9.17) is 10.1 Å². The molecule has 9 heteroatoms. The summed E-state index contributed by atoms with van der Waals surface area (Å²) in [5.41, 5.74) is 2.41. The Morgan fingerprint density at radius 3 is 2.97 bits per heavy atom. The van der Waals surface area contributed by atoms with Crippen LogP contribution in [0.5, 0.6) is 0 Å². The summed E-state index contributed by atoms with van der Waals surface area (Å²) in [6, 6.07) is 8.82. The summed E-state index contributed by atoms with van der Waals surface area (Å²) in [6.07, 6.45) is 6.93. The summed E-state index contributed by atoms with van der Waals surface area (Å²) in [4.78, 5) is 35.3. The van der Waals surface area contributed by atoms with Crippen molar-refractivity contribution in [2.45, 2.75) is 32.4 Å². The number of ether oxygens (including phenoxy) is 1. The van der Waals surface area contributed by atoms with Crippen molar-refractivity contribution < 1.29 is 9.53 Å². The molecule has 5 heterocycles. The van der Waals surface area contributed by atoms with Crippen LogP contribution in [0.15, 0.2) is 53.7 Å². The zero-order valence-electron chi connectivity index (χ0n) is 18.2. The smallest absolute Gasteiger partial charge is 0.267 e. The minimum absolute atomic E-state index is 0.0143. The van der Waals surface area contributed by atoms with Crippen molar-refractivity contribution >= 4 is 22.6 Å². The summed E-state index contributed by atoms with van der Waals surface area (Å²) >= 11 is 0. The molecule has 0 aromatic carbocycles. The lowest BCUT2D eigenvalue weighted by molar-refractivity contribution is 0.0856. The Morgan fingerprint density at radius 2 is 2.21 bits per heavy atom. The monoisotopic (exact) mass is 444 g/mol. The lowest BCUT2D eigenvalue weighted by atomic mass is 10.1. The molecule has 0 saturated carbocycles. The second-order valence-corrected chi connectivity index (χ2v) is 8.29. The second-order valence-electron chi connectivity index (χ2n) is 8.29. The Kier molecular flexibility index (Phi) is 5.47. The molecule has 9 nitrogen and oxygen atoms in total. The van der Waals surface area contributed by atoms with Gasteiger partial charge in [0.1, 0.15) is 16.8 Å². The molecule has 5 rings (SSSR count).